The van der Waals surface area contributed by atoms with Crippen LogP contribution in [0.2, 0.25) is 0 Å². The molecule has 2 aliphatic rings. The molecule has 4 aromatic rings. The molecule has 3 atom stereocenters. The quantitative estimate of drug-likeness (QED) is 0.418. The lowest BCUT2D eigenvalue weighted by atomic mass is 9.89. The van der Waals surface area contributed by atoms with Gasteiger partial charge in [0.25, 0.3) is 5.91 Å². The number of aliphatic hydroxyl groups excluding tert-OH is 1. The average molecular weight is 462 g/mol. The van der Waals surface area contributed by atoms with Crippen LogP contribution in [0.4, 0.5) is 5.82 Å². The highest BCUT2D eigenvalue weighted by Gasteiger charge is 2.31. The fraction of sp³-hybridized carbons (Fsp3) is 0.417. The first-order chi connectivity index (χ1) is 16.6. The second kappa shape index (κ2) is 8.37. The van der Waals surface area contributed by atoms with Gasteiger partial charge in [-0.15, -0.1) is 0 Å². The van der Waals surface area contributed by atoms with E-state index in [9.17, 15) is 9.90 Å². The van der Waals surface area contributed by atoms with Gasteiger partial charge in [0.2, 0.25) is 0 Å². The summed E-state index contributed by atoms with van der Waals surface area (Å²) in [5.74, 6) is 0.433. The van der Waals surface area contributed by atoms with Crippen molar-refractivity contribution in [3.63, 3.8) is 0 Å². The minimum absolute atomic E-state index is 0.220. The number of nitrogens with zero attached hydrogens (tertiary/aromatic N) is 5. The average Bonchev–Trinajstić information content (AvgIpc) is 3.48. The van der Waals surface area contributed by atoms with Gasteiger partial charge in [-0.2, -0.15) is 9.61 Å². The smallest absolute Gasteiger partial charge is 0.257 e. The third kappa shape index (κ3) is 3.41. The van der Waals surface area contributed by atoms with Gasteiger partial charge in [-0.25, -0.2) is 9.97 Å². The van der Waals surface area contributed by atoms with Crippen molar-refractivity contribution >= 4 is 28.4 Å². The molecule has 1 saturated heterocycles. The van der Waals surface area contributed by atoms with Gasteiger partial charge in [0.1, 0.15) is 17.0 Å². The Bertz CT molecular complexity index is 1370. The number of aromatic nitrogens is 5. The van der Waals surface area contributed by atoms with Crippen LogP contribution < -0.4 is 10.6 Å². The van der Waals surface area contributed by atoms with E-state index in [0.29, 0.717) is 30.1 Å². The molecule has 3 N–H and O–H groups in total. The Kier molecular flexibility index (Phi) is 5.19. The summed E-state index contributed by atoms with van der Waals surface area (Å²) in [5, 5.41) is 21.3. The van der Waals surface area contributed by atoms with Gasteiger partial charge in [-0.05, 0) is 37.8 Å². The van der Waals surface area contributed by atoms with Gasteiger partial charge in [0, 0.05) is 43.1 Å². The van der Waals surface area contributed by atoms with Crippen LogP contribution in [0.5, 0.6) is 0 Å². The third-order valence-corrected chi connectivity index (χ3v) is 6.92. The summed E-state index contributed by atoms with van der Waals surface area (Å²) in [6.07, 6.45) is 8.45. The van der Waals surface area contributed by atoms with Gasteiger partial charge < -0.3 is 25.0 Å². The van der Waals surface area contributed by atoms with E-state index in [1.54, 1.807) is 10.7 Å². The first-order valence-corrected chi connectivity index (χ1v) is 11.7. The highest BCUT2D eigenvalue weighted by molar-refractivity contribution is 6.01. The highest BCUT2D eigenvalue weighted by Crippen LogP contribution is 2.34. The van der Waals surface area contributed by atoms with Gasteiger partial charge in [0.05, 0.1) is 36.7 Å². The summed E-state index contributed by atoms with van der Waals surface area (Å²) in [6, 6.07) is 5.90. The van der Waals surface area contributed by atoms with Crippen LogP contribution in [0.15, 0.2) is 36.8 Å². The molecule has 0 spiro atoms. The first-order valence-electron chi connectivity index (χ1n) is 11.7. The molecule has 4 aromatic heterocycles. The second-order valence-electron chi connectivity index (χ2n) is 8.99. The molecule has 2 fully saturated rings. The number of carbonyl (C=O) groups is 1. The molecule has 0 radical (unpaired) electrons. The second-order valence-corrected chi connectivity index (χ2v) is 8.99. The topological polar surface area (TPSA) is 119 Å². The van der Waals surface area contributed by atoms with Crippen molar-refractivity contribution < 1.29 is 14.6 Å². The predicted molar refractivity (Wildman–Crippen MR) is 127 cm³/mol. The summed E-state index contributed by atoms with van der Waals surface area (Å²) in [6.45, 7) is 1.46. The maximum absolute atomic E-state index is 13.0. The third-order valence-electron chi connectivity index (χ3n) is 6.92. The lowest BCUT2D eigenvalue weighted by molar-refractivity contribution is 0.0448. The fourth-order valence-corrected chi connectivity index (χ4v) is 4.84. The van der Waals surface area contributed by atoms with Crippen LogP contribution in [-0.4, -0.2) is 67.6 Å². The van der Waals surface area contributed by atoms with E-state index in [1.807, 2.05) is 25.2 Å². The van der Waals surface area contributed by atoms with E-state index in [0.717, 1.165) is 48.2 Å². The van der Waals surface area contributed by atoms with Gasteiger partial charge >= 0.3 is 0 Å². The lowest BCUT2D eigenvalue weighted by Crippen LogP contribution is -2.50. The molecular weight excluding hydrogens is 434 g/mol. The van der Waals surface area contributed by atoms with E-state index in [-0.39, 0.29) is 18.0 Å². The molecule has 1 aliphatic carbocycles. The summed E-state index contributed by atoms with van der Waals surface area (Å²) in [7, 11) is 1.81. The number of nitrogens with one attached hydrogen (secondary N) is 2. The van der Waals surface area contributed by atoms with Crippen LogP contribution in [-0.2, 0) is 4.74 Å². The SMILES string of the molecule is CNc1cc(-c2cn([C@H]3CCCOC3)c3ncccc23)nc2c(C(=O)NC3CCC3O)cnn12. The molecule has 1 amide bonds. The minimum Gasteiger partial charge on any atom is -0.391 e. The number of hydrogen-bond donors (Lipinski definition) is 3. The standard InChI is InChI=1S/C24H27N7O3/c1-25-21-10-19(28-23-16(11-27-31(21)23)24(33)29-18-6-7-20(18)32)17-12-30(14-4-3-9-34-13-14)22-15(17)5-2-8-26-22/h2,5,8,10-12,14,18,20,25,32H,3-4,6-7,9,13H2,1H3,(H,29,33)/t14-,18?,20?/m0/s1. The highest BCUT2D eigenvalue weighted by atomic mass is 16.5. The minimum atomic E-state index is -0.496. The van der Waals surface area contributed by atoms with Gasteiger partial charge in [0.15, 0.2) is 5.65 Å². The van der Waals surface area contributed by atoms with Crippen LogP contribution in [0.25, 0.3) is 27.9 Å². The van der Waals surface area contributed by atoms with E-state index in [1.165, 1.54) is 6.20 Å². The number of pyridine rings is 1. The molecule has 1 aliphatic heterocycles. The molecular formula is C24H27N7O3. The van der Waals surface area contributed by atoms with Crippen molar-refractivity contribution in [2.45, 2.75) is 43.9 Å². The van der Waals surface area contributed by atoms with Gasteiger partial charge in [-0.1, -0.05) is 0 Å². The number of rotatable bonds is 5. The molecule has 10 heteroatoms. The zero-order valence-corrected chi connectivity index (χ0v) is 18.9. The van der Waals surface area contributed by atoms with Crippen LogP contribution in [0.3, 0.4) is 0 Å². The maximum Gasteiger partial charge on any atom is 0.257 e. The Hall–Kier alpha value is -3.50. The van der Waals surface area contributed by atoms with E-state index in [4.69, 9.17) is 9.72 Å². The number of fused-ring (bicyclic) bond motifs is 2. The molecule has 0 bridgehead atoms. The number of hydrogen-bond acceptors (Lipinski definition) is 7. The van der Waals surface area contributed by atoms with Crippen molar-refractivity contribution in [3.8, 4) is 11.3 Å². The molecule has 2 unspecified atom stereocenters. The number of amides is 1. The van der Waals surface area contributed by atoms with Crippen molar-refractivity contribution in [1.29, 1.82) is 0 Å². The number of anilines is 1. The Balaban J connectivity index is 1.46. The Morgan fingerprint density at radius 3 is 2.91 bits per heavy atom. The molecule has 1 saturated carbocycles. The predicted octanol–water partition coefficient (Wildman–Crippen LogP) is 2.39. The van der Waals surface area contributed by atoms with Crippen molar-refractivity contribution in [2.24, 2.45) is 0 Å². The van der Waals surface area contributed by atoms with Crippen LogP contribution >= 0.6 is 0 Å². The van der Waals surface area contributed by atoms with Crippen molar-refractivity contribution in [1.82, 2.24) is 29.5 Å². The summed E-state index contributed by atoms with van der Waals surface area (Å²) >= 11 is 0. The van der Waals surface area contributed by atoms with Gasteiger partial charge in [-0.3, -0.25) is 4.79 Å². The largest absolute Gasteiger partial charge is 0.391 e. The monoisotopic (exact) mass is 461 g/mol. The summed E-state index contributed by atoms with van der Waals surface area (Å²) in [5.41, 5.74) is 3.39. The summed E-state index contributed by atoms with van der Waals surface area (Å²) < 4.78 is 9.55. The molecule has 0 aromatic carbocycles. The fourth-order valence-electron chi connectivity index (χ4n) is 4.84. The van der Waals surface area contributed by atoms with E-state index in [2.05, 4.69) is 31.5 Å². The van der Waals surface area contributed by atoms with Crippen molar-refractivity contribution in [3.05, 3.63) is 42.4 Å². The Labute approximate surface area is 196 Å². The zero-order chi connectivity index (χ0) is 23.2. The molecule has 34 heavy (non-hydrogen) atoms. The summed E-state index contributed by atoms with van der Waals surface area (Å²) in [4.78, 5) is 22.5. The molecule has 176 valence electrons. The number of ether oxygens (including phenoxy) is 1. The maximum atomic E-state index is 13.0. The number of carbonyl (C=O) groups excluding carboxylic acids is 1. The molecule has 6 rings (SSSR count). The Morgan fingerprint density at radius 2 is 2.18 bits per heavy atom. The van der Waals surface area contributed by atoms with E-state index >= 15 is 0 Å². The van der Waals surface area contributed by atoms with Crippen LogP contribution in [0, 0.1) is 0 Å². The first kappa shape index (κ1) is 21.1. The molecule has 5 heterocycles. The van der Waals surface area contributed by atoms with Crippen molar-refractivity contribution in [2.75, 3.05) is 25.6 Å². The zero-order valence-electron chi connectivity index (χ0n) is 18.9. The number of aliphatic hydroxyl groups is 1. The van der Waals surface area contributed by atoms with E-state index < -0.39 is 6.10 Å². The molecule has 10 nitrogen and oxygen atoms in total. The normalized spacial score (nSPS) is 22.6. The Morgan fingerprint density at radius 1 is 1.26 bits per heavy atom. The van der Waals surface area contributed by atoms with Crippen LogP contribution in [0.1, 0.15) is 42.1 Å². The lowest BCUT2D eigenvalue weighted by Gasteiger charge is -2.32.